The summed E-state index contributed by atoms with van der Waals surface area (Å²) in [5.41, 5.74) is -1.95. The fourth-order valence-electron chi connectivity index (χ4n) is 2.99. The summed E-state index contributed by atoms with van der Waals surface area (Å²) in [6.45, 7) is 0. The Morgan fingerprint density at radius 3 is 2.50 bits per heavy atom. The van der Waals surface area contributed by atoms with Gasteiger partial charge in [0.2, 0.25) is 0 Å². The number of alkyl halides is 3. The third-order valence-electron chi connectivity index (χ3n) is 4.59. The quantitative estimate of drug-likeness (QED) is 0.586. The minimum atomic E-state index is -4.49. The number of nitrogens with zero attached hydrogens (tertiary/aromatic N) is 2. The maximum atomic E-state index is 14.3. The van der Waals surface area contributed by atoms with Crippen molar-refractivity contribution in [3.63, 3.8) is 0 Å². The first kappa shape index (κ1) is 17.0. The van der Waals surface area contributed by atoms with E-state index >= 15 is 0 Å². The van der Waals surface area contributed by atoms with Crippen molar-refractivity contribution in [2.45, 2.75) is 24.4 Å². The van der Waals surface area contributed by atoms with Crippen molar-refractivity contribution in [1.29, 1.82) is 0 Å². The van der Waals surface area contributed by atoms with Crippen LogP contribution in [0.5, 0.6) is 0 Å². The Hall–Kier alpha value is -2.41. The van der Waals surface area contributed by atoms with Crippen LogP contribution in [0.4, 0.5) is 29.2 Å². The van der Waals surface area contributed by atoms with Crippen LogP contribution in [0.25, 0.3) is 10.9 Å². The number of pyridine rings is 2. The lowest BCUT2D eigenvalue weighted by Gasteiger charge is -2.20. The number of rotatable bonds is 3. The summed E-state index contributed by atoms with van der Waals surface area (Å²) in [6, 6.07) is 9.73. The second-order valence-electron chi connectivity index (χ2n) is 6.26. The van der Waals surface area contributed by atoms with Crippen molar-refractivity contribution in [2.24, 2.45) is 0 Å². The van der Waals surface area contributed by atoms with Crippen LogP contribution < -0.4 is 5.32 Å². The van der Waals surface area contributed by atoms with E-state index in [1.165, 1.54) is 0 Å². The molecule has 0 unspecified atom stereocenters. The van der Waals surface area contributed by atoms with Crippen LogP contribution in [-0.2, 0) is 5.41 Å². The number of nitrogens with one attached hydrogen (secondary N) is 1. The van der Waals surface area contributed by atoms with E-state index in [1.807, 2.05) is 6.07 Å². The van der Waals surface area contributed by atoms with Gasteiger partial charge in [-0.1, -0.05) is 23.7 Å². The van der Waals surface area contributed by atoms with Crippen molar-refractivity contribution in [1.82, 2.24) is 9.97 Å². The molecular formula is C18H12ClF4N3. The number of hydrogen-bond acceptors (Lipinski definition) is 3. The minimum absolute atomic E-state index is 0.0723. The lowest BCUT2D eigenvalue weighted by molar-refractivity contribution is -0.161. The van der Waals surface area contributed by atoms with Gasteiger partial charge in [-0.2, -0.15) is 13.2 Å². The Morgan fingerprint density at radius 1 is 1.08 bits per heavy atom. The van der Waals surface area contributed by atoms with Crippen LogP contribution in [0.15, 0.2) is 42.6 Å². The summed E-state index contributed by atoms with van der Waals surface area (Å²) in [6.07, 6.45) is -3.77. The predicted molar refractivity (Wildman–Crippen MR) is 91.2 cm³/mol. The van der Waals surface area contributed by atoms with Gasteiger partial charge in [0, 0.05) is 23.2 Å². The molecule has 1 aliphatic carbocycles. The first-order valence-corrected chi connectivity index (χ1v) is 8.23. The van der Waals surface area contributed by atoms with Crippen LogP contribution >= 0.6 is 11.6 Å². The van der Waals surface area contributed by atoms with Gasteiger partial charge in [0.25, 0.3) is 0 Å². The number of anilines is 2. The molecule has 2 heterocycles. The van der Waals surface area contributed by atoms with Crippen molar-refractivity contribution in [3.8, 4) is 0 Å². The van der Waals surface area contributed by atoms with Crippen molar-refractivity contribution >= 4 is 34.1 Å². The minimum Gasteiger partial charge on any atom is -0.325 e. The van der Waals surface area contributed by atoms with Crippen molar-refractivity contribution in [3.05, 3.63) is 59.0 Å². The van der Waals surface area contributed by atoms with Crippen molar-refractivity contribution in [2.75, 3.05) is 5.32 Å². The number of hydrogen-bond donors (Lipinski definition) is 1. The number of benzene rings is 1. The van der Waals surface area contributed by atoms with Gasteiger partial charge in [-0.3, -0.25) is 0 Å². The van der Waals surface area contributed by atoms with Gasteiger partial charge < -0.3 is 5.32 Å². The molecule has 1 saturated carbocycles. The fourth-order valence-corrected chi connectivity index (χ4v) is 3.22. The highest BCUT2D eigenvalue weighted by Crippen LogP contribution is 2.59. The van der Waals surface area contributed by atoms with Crippen LogP contribution in [0, 0.1) is 5.82 Å². The maximum Gasteiger partial charge on any atom is 0.398 e. The third kappa shape index (κ3) is 2.76. The van der Waals surface area contributed by atoms with Gasteiger partial charge in [-0.15, -0.1) is 0 Å². The van der Waals surface area contributed by atoms with Gasteiger partial charge in [0.1, 0.15) is 17.5 Å². The molecule has 1 N–H and O–H groups in total. The van der Waals surface area contributed by atoms with Crippen molar-refractivity contribution < 1.29 is 17.6 Å². The molecule has 1 fully saturated rings. The van der Waals surface area contributed by atoms with E-state index in [4.69, 9.17) is 11.6 Å². The molecule has 0 atom stereocenters. The fraction of sp³-hybridized carbons (Fsp3) is 0.222. The lowest BCUT2D eigenvalue weighted by Crippen LogP contribution is -2.29. The highest BCUT2D eigenvalue weighted by molar-refractivity contribution is 6.35. The molecule has 3 nitrogen and oxygen atoms in total. The zero-order chi connectivity index (χ0) is 18.5. The monoisotopic (exact) mass is 381 g/mol. The van der Waals surface area contributed by atoms with Gasteiger partial charge in [-0.05, 0) is 31.0 Å². The topological polar surface area (TPSA) is 37.8 Å². The molecule has 0 spiro atoms. The third-order valence-corrected chi connectivity index (χ3v) is 4.89. The zero-order valence-electron chi connectivity index (χ0n) is 13.2. The molecule has 26 heavy (non-hydrogen) atoms. The standard InChI is InChI=1S/C18H12ClF4N3/c19-12-3-1-2-10-4-5-14(26-16(10)12)25-15-8-13(20)11(9-24-15)17(6-7-17)18(21,22)23/h1-5,8-9H,6-7H2,(H,24,25,26). The molecule has 8 heteroatoms. The van der Waals surface area contributed by atoms with Gasteiger partial charge in [0.05, 0.1) is 16.0 Å². The lowest BCUT2D eigenvalue weighted by atomic mass is 9.96. The summed E-state index contributed by atoms with van der Waals surface area (Å²) < 4.78 is 53.8. The summed E-state index contributed by atoms with van der Waals surface area (Å²) in [5.74, 6) is -0.499. The second kappa shape index (κ2) is 5.81. The molecule has 2 aromatic heterocycles. The number of aromatic nitrogens is 2. The van der Waals surface area contributed by atoms with Crippen LogP contribution in [-0.4, -0.2) is 16.1 Å². The van der Waals surface area contributed by atoms with Crippen LogP contribution in [0.3, 0.4) is 0 Å². The summed E-state index contributed by atoms with van der Waals surface area (Å²) in [4.78, 5) is 8.27. The largest absolute Gasteiger partial charge is 0.398 e. The van der Waals surface area contributed by atoms with Crippen LogP contribution in [0.2, 0.25) is 5.02 Å². The Bertz CT molecular complexity index is 999. The summed E-state index contributed by atoms with van der Waals surface area (Å²) in [7, 11) is 0. The smallest absolute Gasteiger partial charge is 0.325 e. The Labute approximate surface area is 151 Å². The highest BCUT2D eigenvalue weighted by atomic mass is 35.5. The zero-order valence-corrected chi connectivity index (χ0v) is 14.0. The van der Waals surface area contributed by atoms with E-state index < -0.39 is 23.0 Å². The van der Waals surface area contributed by atoms with Gasteiger partial charge in [0.15, 0.2) is 0 Å². The van der Waals surface area contributed by atoms with Gasteiger partial charge >= 0.3 is 6.18 Å². The molecule has 0 saturated heterocycles. The molecule has 3 aromatic rings. The first-order valence-electron chi connectivity index (χ1n) is 7.85. The van der Waals surface area contributed by atoms with Crippen LogP contribution in [0.1, 0.15) is 18.4 Å². The number of halogens is 5. The second-order valence-corrected chi connectivity index (χ2v) is 6.67. The molecule has 0 bridgehead atoms. The molecule has 1 aromatic carbocycles. The number of para-hydroxylation sites is 1. The summed E-state index contributed by atoms with van der Waals surface area (Å²) in [5, 5.41) is 4.09. The SMILES string of the molecule is Fc1cc(Nc2ccc3cccc(Cl)c3n2)ncc1C1(C(F)(F)F)CC1. The van der Waals surface area contributed by atoms with Gasteiger partial charge in [-0.25, -0.2) is 14.4 Å². The summed E-state index contributed by atoms with van der Waals surface area (Å²) >= 11 is 6.11. The molecule has 1 aliphatic rings. The van der Waals surface area contributed by atoms with E-state index in [0.717, 1.165) is 17.6 Å². The average molecular weight is 382 g/mol. The number of fused-ring (bicyclic) bond motifs is 1. The first-order chi connectivity index (χ1) is 12.3. The van der Waals surface area contributed by atoms with E-state index in [9.17, 15) is 17.6 Å². The molecule has 0 radical (unpaired) electrons. The van der Waals surface area contributed by atoms with E-state index in [-0.39, 0.29) is 18.7 Å². The van der Waals surface area contributed by atoms with E-state index in [0.29, 0.717) is 16.4 Å². The molecule has 0 amide bonds. The van der Waals surface area contributed by atoms with E-state index in [2.05, 4.69) is 15.3 Å². The maximum absolute atomic E-state index is 14.3. The average Bonchev–Trinajstić information content (AvgIpc) is 3.37. The molecular weight excluding hydrogens is 370 g/mol. The Balaban J connectivity index is 1.64. The Morgan fingerprint density at radius 2 is 1.85 bits per heavy atom. The normalized spacial score (nSPS) is 15.9. The highest BCUT2D eigenvalue weighted by Gasteiger charge is 2.65. The van der Waals surface area contributed by atoms with E-state index in [1.54, 1.807) is 24.3 Å². The molecule has 4 rings (SSSR count). The Kier molecular flexibility index (Phi) is 3.80. The molecule has 0 aliphatic heterocycles. The molecule has 134 valence electrons. The predicted octanol–water partition coefficient (Wildman–Crippen LogP) is 5.76.